The molecule has 3 aromatic heterocycles. The van der Waals surface area contributed by atoms with Gasteiger partial charge in [0.05, 0.1) is 22.7 Å². The van der Waals surface area contributed by atoms with Gasteiger partial charge in [-0.15, -0.1) is 10.2 Å². The number of carbonyl (C=O) groups is 1. The lowest BCUT2D eigenvalue weighted by molar-refractivity contribution is 0.0759. The number of hydrogen-bond donors (Lipinski definition) is 3. The van der Waals surface area contributed by atoms with Crippen molar-refractivity contribution in [3.63, 3.8) is 0 Å². The van der Waals surface area contributed by atoms with Crippen molar-refractivity contribution >= 4 is 28.3 Å². The molecule has 34 heavy (non-hydrogen) atoms. The number of fused-ring (bicyclic) bond motifs is 1. The number of aromatic amines is 1. The molecule has 10 nitrogen and oxygen atoms in total. The van der Waals surface area contributed by atoms with Crippen LogP contribution in [-0.4, -0.2) is 59.8 Å². The SMILES string of the molecule is CC(C)n1cnnc1-c1cccc(Nc2cccc3[nH]c(C(=O)N4CCC(O)C4)cc(=O)c23)n1. The number of H-pyrrole nitrogens is 1. The molecule has 0 bridgehead atoms. The lowest BCUT2D eigenvalue weighted by atomic mass is 10.1. The zero-order chi connectivity index (χ0) is 23.8. The number of aliphatic hydroxyl groups is 1. The Hall–Kier alpha value is -4.05. The van der Waals surface area contributed by atoms with E-state index in [4.69, 9.17) is 0 Å². The standard InChI is InChI=1S/C24H25N7O3/c1-14(2)31-13-25-29-23(31)18-7-4-8-21(28-18)27-17-6-3-5-16-22(17)20(33)11-19(26-16)24(34)30-10-9-15(32)12-30/h3-8,11,13-15,32H,9-10,12H2,1-2H3,(H,26,33)(H,27,28). The van der Waals surface area contributed by atoms with E-state index < -0.39 is 6.10 Å². The Morgan fingerprint density at radius 1 is 1.24 bits per heavy atom. The minimum Gasteiger partial charge on any atom is -0.391 e. The summed E-state index contributed by atoms with van der Waals surface area (Å²) in [5.74, 6) is 0.913. The zero-order valence-electron chi connectivity index (χ0n) is 18.9. The molecular weight excluding hydrogens is 434 g/mol. The number of aliphatic hydroxyl groups excluding tert-OH is 1. The first kappa shape index (κ1) is 21.8. The van der Waals surface area contributed by atoms with Crippen LogP contribution >= 0.6 is 0 Å². The van der Waals surface area contributed by atoms with Crippen LogP contribution in [0.2, 0.25) is 0 Å². The van der Waals surface area contributed by atoms with E-state index in [1.807, 2.05) is 36.6 Å². The van der Waals surface area contributed by atoms with Gasteiger partial charge in [-0.25, -0.2) is 4.98 Å². The Kier molecular flexibility index (Phi) is 5.58. The fourth-order valence-corrected chi connectivity index (χ4v) is 4.19. The normalized spacial score (nSPS) is 15.9. The fraction of sp³-hybridized carbons (Fsp3) is 0.292. The summed E-state index contributed by atoms with van der Waals surface area (Å²) in [6.45, 7) is 4.83. The van der Waals surface area contributed by atoms with Crippen molar-refractivity contribution in [2.75, 3.05) is 18.4 Å². The van der Waals surface area contributed by atoms with Crippen molar-refractivity contribution in [2.45, 2.75) is 32.4 Å². The van der Waals surface area contributed by atoms with E-state index in [0.717, 1.165) is 0 Å². The van der Waals surface area contributed by atoms with Gasteiger partial charge < -0.3 is 24.9 Å². The van der Waals surface area contributed by atoms with Gasteiger partial charge in [0.2, 0.25) is 0 Å². The summed E-state index contributed by atoms with van der Waals surface area (Å²) >= 11 is 0. The van der Waals surface area contributed by atoms with Crippen LogP contribution in [0.5, 0.6) is 0 Å². The fourth-order valence-electron chi connectivity index (χ4n) is 4.19. The van der Waals surface area contributed by atoms with E-state index in [1.54, 1.807) is 29.4 Å². The molecule has 3 N–H and O–H groups in total. The number of amides is 1. The summed E-state index contributed by atoms with van der Waals surface area (Å²) in [6.07, 6.45) is 1.69. The lowest BCUT2D eigenvalue weighted by Crippen LogP contribution is -2.31. The molecule has 1 aromatic carbocycles. The average Bonchev–Trinajstić information content (AvgIpc) is 3.48. The molecule has 1 saturated heterocycles. The molecule has 0 saturated carbocycles. The van der Waals surface area contributed by atoms with Gasteiger partial charge >= 0.3 is 0 Å². The zero-order valence-corrected chi connectivity index (χ0v) is 18.9. The number of hydrogen-bond acceptors (Lipinski definition) is 7. The van der Waals surface area contributed by atoms with Crippen molar-refractivity contribution < 1.29 is 9.90 Å². The molecule has 1 fully saturated rings. The third-order valence-electron chi connectivity index (χ3n) is 5.91. The molecule has 174 valence electrons. The number of aromatic nitrogens is 5. The Bertz CT molecular complexity index is 1430. The molecule has 4 heterocycles. The van der Waals surface area contributed by atoms with Crippen molar-refractivity contribution in [3.05, 3.63) is 64.7 Å². The second kappa shape index (κ2) is 8.71. The summed E-state index contributed by atoms with van der Waals surface area (Å²) in [5, 5.41) is 21.6. The van der Waals surface area contributed by atoms with E-state index in [2.05, 4.69) is 25.5 Å². The quantitative estimate of drug-likeness (QED) is 0.418. The third-order valence-corrected chi connectivity index (χ3v) is 5.91. The topological polar surface area (TPSA) is 129 Å². The Balaban J connectivity index is 1.48. The van der Waals surface area contributed by atoms with Crippen molar-refractivity contribution in [3.8, 4) is 11.5 Å². The number of β-amino-alcohol motifs (C(OH)–C–C–N with tert-alkyl or cyclic N) is 1. The van der Waals surface area contributed by atoms with Crippen LogP contribution < -0.4 is 10.7 Å². The predicted molar refractivity (Wildman–Crippen MR) is 128 cm³/mol. The Morgan fingerprint density at radius 3 is 2.82 bits per heavy atom. The molecule has 1 amide bonds. The van der Waals surface area contributed by atoms with Gasteiger partial charge in [-0.3, -0.25) is 9.59 Å². The maximum Gasteiger partial charge on any atom is 0.270 e. The van der Waals surface area contributed by atoms with Gasteiger partial charge in [0.15, 0.2) is 11.3 Å². The summed E-state index contributed by atoms with van der Waals surface area (Å²) in [5.41, 5.74) is 1.69. The summed E-state index contributed by atoms with van der Waals surface area (Å²) in [7, 11) is 0. The first-order chi connectivity index (χ1) is 16.4. The van der Waals surface area contributed by atoms with Crippen LogP contribution in [0.15, 0.2) is 53.6 Å². The summed E-state index contributed by atoms with van der Waals surface area (Å²) in [6, 6.07) is 12.4. The second-order valence-corrected chi connectivity index (χ2v) is 8.66. The second-order valence-electron chi connectivity index (χ2n) is 8.66. The molecule has 5 rings (SSSR count). The number of carbonyl (C=O) groups excluding carboxylic acids is 1. The van der Waals surface area contributed by atoms with Gasteiger partial charge in [0.1, 0.15) is 23.5 Å². The van der Waals surface area contributed by atoms with E-state index >= 15 is 0 Å². The number of likely N-dealkylation sites (tertiary alicyclic amines) is 1. The van der Waals surface area contributed by atoms with Crippen LogP contribution in [0.1, 0.15) is 36.8 Å². The van der Waals surface area contributed by atoms with Crippen LogP contribution in [-0.2, 0) is 0 Å². The lowest BCUT2D eigenvalue weighted by Gasteiger charge is -2.16. The van der Waals surface area contributed by atoms with Crippen LogP contribution in [0, 0.1) is 0 Å². The van der Waals surface area contributed by atoms with Crippen LogP contribution in [0.3, 0.4) is 0 Å². The first-order valence-corrected chi connectivity index (χ1v) is 11.2. The number of benzene rings is 1. The molecule has 0 spiro atoms. The molecule has 0 radical (unpaired) electrons. The van der Waals surface area contributed by atoms with Gasteiger partial charge in [-0.1, -0.05) is 12.1 Å². The molecule has 1 aliphatic rings. The number of nitrogens with zero attached hydrogens (tertiary/aromatic N) is 5. The van der Waals surface area contributed by atoms with Crippen molar-refractivity contribution in [1.82, 2.24) is 29.6 Å². The first-order valence-electron chi connectivity index (χ1n) is 11.2. The van der Waals surface area contributed by atoms with Crippen LogP contribution in [0.4, 0.5) is 11.5 Å². The van der Waals surface area contributed by atoms with Crippen LogP contribution in [0.25, 0.3) is 22.4 Å². The van der Waals surface area contributed by atoms with E-state index in [9.17, 15) is 14.7 Å². The number of anilines is 2. The van der Waals surface area contributed by atoms with Gasteiger partial charge in [0.25, 0.3) is 5.91 Å². The highest BCUT2D eigenvalue weighted by Gasteiger charge is 2.26. The van der Waals surface area contributed by atoms with E-state index in [0.29, 0.717) is 46.9 Å². The van der Waals surface area contributed by atoms with E-state index in [-0.39, 0.29) is 29.6 Å². The molecule has 10 heteroatoms. The van der Waals surface area contributed by atoms with Gasteiger partial charge in [-0.2, -0.15) is 0 Å². The molecule has 4 aromatic rings. The van der Waals surface area contributed by atoms with Gasteiger partial charge in [-0.05, 0) is 44.5 Å². The highest BCUT2D eigenvalue weighted by atomic mass is 16.3. The smallest absolute Gasteiger partial charge is 0.270 e. The number of pyridine rings is 2. The third kappa shape index (κ3) is 4.03. The summed E-state index contributed by atoms with van der Waals surface area (Å²) < 4.78 is 1.94. The molecular formula is C24H25N7O3. The Morgan fingerprint density at radius 2 is 2.06 bits per heavy atom. The summed E-state index contributed by atoms with van der Waals surface area (Å²) in [4.78, 5) is 35.1. The van der Waals surface area contributed by atoms with Crippen molar-refractivity contribution in [2.24, 2.45) is 0 Å². The maximum atomic E-state index is 13.0. The van der Waals surface area contributed by atoms with Gasteiger partial charge in [0, 0.05) is 25.2 Å². The molecule has 1 aliphatic heterocycles. The molecule has 1 unspecified atom stereocenters. The largest absolute Gasteiger partial charge is 0.391 e. The molecule has 1 atom stereocenters. The predicted octanol–water partition coefficient (Wildman–Crippen LogP) is 2.71. The highest BCUT2D eigenvalue weighted by Crippen LogP contribution is 2.25. The molecule has 0 aliphatic carbocycles. The maximum absolute atomic E-state index is 13.0. The minimum atomic E-state index is -0.524. The highest BCUT2D eigenvalue weighted by molar-refractivity contribution is 5.98. The monoisotopic (exact) mass is 459 g/mol. The number of rotatable bonds is 5. The van der Waals surface area contributed by atoms with Crippen molar-refractivity contribution in [1.29, 1.82) is 0 Å². The number of nitrogens with one attached hydrogen (secondary N) is 2. The minimum absolute atomic E-state index is 0.181. The Labute approximate surface area is 195 Å². The average molecular weight is 460 g/mol. The van der Waals surface area contributed by atoms with E-state index in [1.165, 1.54) is 6.07 Å².